The van der Waals surface area contributed by atoms with Crippen LogP contribution >= 0.6 is 0 Å². The summed E-state index contributed by atoms with van der Waals surface area (Å²) in [5, 5.41) is 5.63. The Kier molecular flexibility index (Phi) is 2.73. The number of rotatable bonds is 3. The molecule has 0 saturated carbocycles. The lowest BCUT2D eigenvalue weighted by Gasteiger charge is -2.07. The van der Waals surface area contributed by atoms with Gasteiger partial charge in [0.05, 0.1) is 6.54 Å². The molecule has 3 heteroatoms. The summed E-state index contributed by atoms with van der Waals surface area (Å²) in [4.78, 5) is 4.38. The summed E-state index contributed by atoms with van der Waals surface area (Å²) in [6, 6.07) is 14.2. The van der Waals surface area contributed by atoms with Gasteiger partial charge in [0.15, 0.2) is 0 Å². The standard InChI is InChI=1S/C15H14N2O/c1-11-6-7-13(18-11)10-17-15-14-5-3-2-4-12(14)8-9-16-15/h2-9H,10H2,1H3,(H,16,17). The van der Waals surface area contributed by atoms with E-state index in [1.54, 1.807) is 0 Å². The van der Waals surface area contributed by atoms with E-state index in [2.05, 4.69) is 22.4 Å². The van der Waals surface area contributed by atoms with Crippen molar-refractivity contribution in [3.8, 4) is 0 Å². The molecule has 1 N–H and O–H groups in total. The highest BCUT2D eigenvalue weighted by molar-refractivity contribution is 5.91. The maximum Gasteiger partial charge on any atom is 0.134 e. The highest BCUT2D eigenvalue weighted by Crippen LogP contribution is 2.21. The number of hydrogen-bond acceptors (Lipinski definition) is 3. The first kappa shape index (κ1) is 10.8. The van der Waals surface area contributed by atoms with Crippen LogP contribution in [0.3, 0.4) is 0 Å². The third-order valence-corrected chi connectivity index (χ3v) is 2.90. The number of anilines is 1. The summed E-state index contributed by atoms with van der Waals surface area (Å²) in [7, 11) is 0. The summed E-state index contributed by atoms with van der Waals surface area (Å²) in [5.74, 6) is 2.74. The van der Waals surface area contributed by atoms with Crippen LogP contribution in [0.25, 0.3) is 10.8 Å². The van der Waals surface area contributed by atoms with Gasteiger partial charge in [-0.25, -0.2) is 4.98 Å². The average molecular weight is 238 g/mol. The molecule has 0 atom stereocenters. The average Bonchev–Trinajstić information content (AvgIpc) is 2.82. The van der Waals surface area contributed by atoms with E-state index < -0.39 is 0 Å². The molecule has 18 heavy (non-hydrogen) atoms. The predicted octanol–water partition coefficient (Wildman–Crippen LogP) is 3.75. The Morgan fingerprint density at radius 3 is 2.83 bits per heavy atom. The van der Waals surface area contributed by atoms with E-state index >= 15 is 0 Å². The van der Waals surface area contributed by atoms with Gasteiger partial charge >= 0.3 is 0 Å². The second kappa shape index (κ2) is 4.53. The molecular weight excluding hydrogens is 224 g/mol. The normalized spacial score (nSPS) is 10.7. The molecule has 0 radical (unpaired) electrons. The van der Waals surface area contributed by atoms with Crippen molar-refractivity contribution in [2.75, 3.05) is 5.32 Å². The zero-order chi connectivity index (χ0) is 12.4. The van der Waals surface area contributed by atoms with E-state index in [0.717, 1.165) is 22.7 Å². The van der Waals surface area contributed by atoms with Crippen molar-refractivity contribution < 1.29 is 4.42 Å². The Morgan fingerprint density at radius 2 is 2.00 bits per heavy atom. The van der Waals surface area contributed by atoms with Crippen LogP contribution in [0.1, 0.15) is 11.5 Å². The molecule has 3 aromatic rings. The first-order valence-corrected chi connectivity index (χ1v) is 5.96. The maximum absolute atomic E-state index is 5.53. The van der Waals surface area contributed by atoms with Gasteiger partial charge in [-0.2, -0.15) is 0 Å². The lowest BCUT2D eigenvalue weighted by molar-refractivity contribution is 0.490. The Morgan fingerprint density at radius 1 is 1.11 bits per heavy atom. The molecule has 0 aliphatic carbocycles. The van der Waals surface area contributed by atoms with Crippen molar-refractivity contribution >= 4 is 16.6 Å². The highest BCUT2D eigenvalue weighted by Gasteiger charge is 2.03. The van der Waals surface area contributed by atoms with E-state index in [9.17, 15) is 0 Å². The summed E-state index contributed by atoms with van der Waals surface area (Å²) < 4.78 is 5.53. The van der Waals surface area contributed by atoms with Crippen LogP contribution in [0.15, 0.2) is 53.1 Å². The van der Waals surface area contributed by atoms with Crippen molar-refractivity contribution in [2.45, 2.75) is 13.5 Å². The monoisotopic (exact) mass is 238 g/mol. The zero-order valence-corrected chi connectivity index (χ0v) is 10.2. The molecule has 1 aromatic carbocycles. The van der Waals surface area contributed by atoms with Gasteiger partial charge in [0.1, 0.15) is 17.3 Å². The number of furan rings is 1. The van der Waals surface area contributed by atoms with Gasteiger partial charge in [-0.15, -0.1) is 0 Å². The van der Waals surface area contributed by atoms with Crippen molar-refractivity contribution in [2.24, 2.45) is 0 Å². The fourth-order valence-corrected chi connectivity index (χ4v) is 2.01. The van der Waals surface area contributed by atoms with Crippen molar-refractivity contribution in [1.29, 1.82) is 0 Å². The second-order valence-electron chi connectivity index (χ2n) is 4.25. The van der Waals surface area contributed by atoms with Crippen LogP contribution in [0, 0.1) is 6.92 Å². The zero-order valence-electron chi connectivity index (χ0n) is 10.2. The molecular formula is C15H14N2O. The first-order chi connectivity index (χ1) is 8.83. The Bertz CT molecular complexity index is 668. The number of pyridine rings is 1. The van der Waals surface area contributed by atoms with E-state index in [-0.39, 0.29) is 0 Å². The smallest absolute Gasteiger partial charge is 0.134 e. The molecule has 3 nitrogen and oxygen atoms in total. The summed E-state index contributed by atoms with van der Waals surface area (Å²) >= 11 is 0. The minimum absolute atomic E-state index is 0.648. The molecule has 0 amide bonds. The largest absolute Gasteiger partial charge is 0.465 e. The van der Waals surface area contributed by atoms with Gasteiger partial charge in [-0.1, -0.05) is 24.3 Å². The predicted molar refractivity (Wildman–Crippen MR) is 72.5 cm³/mol. The number of benzene rings is 1. The third kappa shape index (κ3) is 2.07. The Labute approximate surface area is 105 Å². The first-order valence-electron chi connectivity index (χ1n) is 5.96. The van der Waals surface area contributed by atoms with Gasteiger partial charge in [0.2, 0.25) is 0 Å². The van der Waals surface area contributed by atoms with E-state index in [4.69, 9.17) is 4.42 Å². The summed E-state index contributed by atoms with van der Waals surface area (Å²) in [5.41, 5.74) is 0. The van der Waals surface area contributed by atoms with Crippen molar-refractivity contribution in [1.82, 2.24) is 4.98 Å². The Hall–Kier alpha value is -2.29. The molecule has 0 aliphatic rings. The molecule has 90 valence electrons. The summed E-state index contributed by atoms with van der Waals surface area (Å²) in [6.45, 7) is 2.59. The van der Waals surface area contributed by atoms with Gasteiger partial charge in [0, 0.05) is 11.6 Å². The van der Waals surface area contributed by atoms with Crippen LogP contribution in [0.5, 0.6) is 0 Å². The van der Waals surface area contributed by atoms with Crippen molar-refractivity contribution in [3.63, 3.8) is 0 Å². The number of aryl methyl sites for hydroxylation is 1. The molecule has 2 aromatic heterocycles. The number of nitrogens with one attached hydrogen (secondary N) is 1. The molecule has 0 fully saturated rings. The van der Waals surface area contributed by atoms with E-state index in [1.165, 1.54) is 5.39 Å². The lowest BCUT2D eigenvalue weighted by atomic mass is 10.1. The van der Waals surface area contributed by atoms with Gasteiger partial charge in [0.25, 0.3) is 0 Å². The van der Waals surface area contributed by atoms with Gasteiger partial charge < -0.3 is 9.73 Å². The molecule has 0 unspecified atom stereocenters. The van der Waals surface area contributed by atoms with Crippen LogP contribution in [0.4, 0.5) is 5.82 Å². The van der Waals surface area contributed by atoms with Gasteiger partial charge in [-0.05, 0) is 30.5 Å². The van der Waals surface area contributed by atoms with Crippen LogP contribution in [0.2, 0.25) is 0 Å². The number of aromatic nitrogens is 1. The Balaban J connectivity index is 1.86. The van der Waals surface area contributed by atoms with Crippen LogP contribution in [-0.2, 0) is 6.54 Å². The maximum atomic E-state index is 5.53. The molecule has 0 aliphatic heterocycles. The second-order valence-corrected chi connectivity index (χ2v) is 4.25. The molecule has 2 heterocycles. The number of nitrogens with zero attached hydrogens (tertiary/aromatic N) is 1. The minimum Gasteiger partial charge on any atom is -0.465 e. The highest BCUT2D eigenvalue weighted by atomic mass is 16.3. The molecule has 0 spiro atoms. The minimum atomic E-state index is 0.648. The number of hydrogen-bond donors (Lipinski definition) is 1. The van der Waals surface area contributed by atoms with E-state index in [0.29, 0.717) is 6.54 Å². The van der Waals surface area contributed by atoms with Crippen LogP contribution < -0.4 is 5.32 Å². The third-order valence-electron chi connectivity index (χ3n) is 2.90. The fourth-order valence-electron chi connectivity index (χ4n) is 2.01. The quantitative estimate of drug-likeness (QED) is 0.755. The molecule has 0 bridgehead atoms. The van der Waals surface area contributed by atoms with E-state index in [1.807, 2.05) is 43.5 Å². The molecule has 3 rings (SSSR count). The SMILES string of the molecule is Cc1ccc(CNc2nccc3ccccc23)o1. The van der Waals surface area contributed by atoms with Gasteiger partial charge in [-0.3, -0.25) is 0 Å². The number of fused-ring (bicyclic) bond motifs is 1. The lowest BCUT2D eigenvalue weighted by Crippen LogP contribution is -2.00. The topological polar surface area (TPSA) is 38.1 Å². The summed E-state index contributed by atoms with van der Waals surface area (Å²) in [6.07, 6.45) is 1.82. The van der Waals surface area contributed by atoms with Crippen molar-refractivity contribution in [3.05, 3.63) is 60.2 Å². The van der Waals surface area contributed by atoms with Crippen LogP contribution in [-0.4, -0.2) is 4.98 Å². The fraction of sp³-hybridized carbons (Fsp3) is 0.133. The molecule has 0 saturated heterocycles.